The Morgan fingerprint density at radius 3 is 2.26 bits per heavy atom. The Morgan fingerprint density at radius 2 is 1.68 bits per heavy atom. The third-order valence-corrected chi connectivity index (χ3v) is 6.68. The topological polar surface area (TPSA) is 76.1 Å². The zero-order valence-corrected chi connectivity index (χ0v) is 20.7. The number of nitrogens with zero attached hydrogens (tertiary/aromatic N) is 1. The molecule has 0 radical (unpaired) electrons. The number of hydrogen-bond acceptors (Lipinski definition) is 5. The summed E-state index contributed by atoms with van der Waals surface area (Å²) in [6, 6.07) is 18.7. The van der Waals surface area contributed by atoms with Crippen LogP contribution in [0.4, 0.5) is 4.79 Å². The van der Waals surface area contributed by atoms with Crippen molar-refractivity contribution in [1.29, 1.82) is 0 Å². The molecule has 184 valence electrons. The van der Waals surface area contributed by atoms with Gasteiger partial charge in [0.2, 0.25) is 0 Å². The number of ether oxygens (including phenoxy) is 2. The van der Waals surface area contributed by atoms with E-state index in [9.17, 15) is 14.7 Å². The molecule has 2 aromatic carbocycles. The summed E-state index contributed by atoms with van der Waals surface area (Å²) in [5, 5.41) is 11.2. The monoisotopic (exact) mass is 467 g/mol. The van der Waals surface area contributed by atoms with E-state index in [0.29, 0.717) is 12.8 Å². The van der Waals surface area contributed by atoms with Gasteiger partial charge in [0.05, 0.1) is 18.8 Å². The second-order valence-corrected chi connectivity index (χ2v) is 9.74. The lowest BCUT2D eigenvalue weighted by molar-refractivity contribution is -0.174. The summed E-state index contributed by atoms with van der Waals surface area (Å²) < 4.78 is 11.8. The third-order valence-electron chi connectivity index (χ3n) is 6.68. The van der Waals surface area contributed by atoms with Crippen molar-refractivity contribution in [3.63, 3.8) is 0 Å². The van der Waals surface area contributed by atoms with Crippen molar-refractivity contribution < 1.29 is 24.2 Å². The van der Waals surface area contributed by atoms with Gasteiger partial charge in [-0.15, -0.1) is 0 Å². The van der Waals surface area contributed by atoms with Crippen LogP contribution < -0.4 is 0 Å². The fourth-order valence-electron chi connectivity index (χ4n) is 4.39. The SMILES string of the molecule is CCCCC[C@H](O)[C@](C)(OCc1ccccc1)C(=O)N1C(=O)OC(C)(C)[C@@H]1Cc1ccccc1. The first-order chi connectivity index (χ1) is 16.2. The van der Waals surface area contributed by atoms with Gasteiger partial charge in [0.1, 0.15) is 5.60 Å². The van der Waals surface area contributed by atoms with Crippen molar-refractivity contribution in [2.24, 2.45) is 0 Å². The maximum Gasteiger partial charge on any atom is 0.417 e. The van der Waals surface area contributed by atoms with Crippen LogP contribution in [0.1, 0.15) is 64.5 Å². The molecule has 0 aliphatic carbocycles. The number of hydrogen-bond donors (Lipinski definition) is 1. The molecule has 1 aliphatic heterocycles. The van der Waals surface area contributed by atoms with E-state index >= 15 is 0 Å². The van der Waals surface area contributed by atoms with Crippen molar-refractivity contribution >= 4 is 12.0 Å². The van der Waals surface area contributed by atoms with Crippen molar-refractivity contribution in [2.45, 2.75) is 89.8 Å². The lowest BCUT2D eigenvalue weighted by Crippen LogP contribution is -2.59. The maximum absolute atomic E-state index is 14.0. The van der Waals surface area contributed by atoms with Crippen LogP contribution in [0, 0.1) is 0 Å². The highest BCUT2D eigenvalue weighted by molar-refractivity contribution is 5.99. The molecule has 1 N–H and O–H groups in total. The fraction of sp³-hybridized carbons (Fsp3) is 0.500. The Kier molecular flexibility index (Phi) is 8.50. The van der Waals surface area contributed by atoms with Crippen LogP contribution in [0.25, 0.3) is 0 Å². The van der Waals surface area contributed by atoms with Crippen LogP contribution >= 0.6 is 0 Å². The summed E-state index contributed by atoms with van der Waals surface area (Å²) in [5.74, 6) is -0.566. The van der Waals surface area contributed by atoms with E-state index in [1.54, 1.807) is 6.92 Å². The smallest absolute Gasteiger partial charge is 0.417 e. The summed E-state index contributed by atoms with van der Waals surface area (Å²) >= 11 is 0. The lowest BCUT2D eigenvalue weighted by atomic mass is 9.88. The van der Waals surface area contributed by atoms with Gasteiger partial charge in [-0.3, -0.25) is 4.79 Å². The van der Waals surface area contributed by atoms with E-state index in [0.717, 1.165) is 30.4 Å². The molecule has 3 atom stereocenters. The predicted octanol–water partition coefficient (Wildman–Crippen LogP) is 5.27. The summed E-state index contributed by atoms with van der Waals surface area (Å²) in [4.78, 5) is 28.2. The van der Waals surface area contributed by atoms with Gasteiger partial charge >= 0.3 is 6.09 Å². The number of unbranched alkanes of at least 4 members (excludes halogenated alkanes) is 2. The van der Waals surface area contributed by atoms with E-state index in [1.165, 1.54) is 4.90 Å². The quantitative estimate of drug-likeness (QED) is 0.456. The van der Waals surface area contributed by atoms with Gasteiger partial charge in [-0.25, -0.2) is 9.69 Å². The molecule has 0 spiro atoms. The Labute approximate surface area is 202 Å². The number of rotatable bonds is 11. The Bertz CT molecular complexity index is 946. The number of imide groups is 1. The summed E-state index contributed by atoms with van der Waals surface area (Å²) in [6.45, 7) is 7.44. The van der Waals surface area contributed by atoms with Gasteiger partial charge in [0.15, 0.2) is 5.60 Å². The molecule has 1 aliphatic rings. The molecule has 0 bridgehead atoms. The molecule has 1 saturated heterocycles. The van der Waals surface area contributed by atoms with Crippen LogP contribution in [0.2, 0.25) is 0 Å². The average Bonchev–Trinajstić information content (AvgIpc) is 3.05. The lowest BCUT2D eigenvalue weighted by Gasteiger charge is -2.37. The molecule has 0 aromatic heterocycles. The molecule has 1 fully saturated rings. The Balaban J connectivity index is 1.90. The van der Waals surface area contributed by atoms with E-state index in [2.05, 4.69) is 6.92 Å². The molecule has 0 saturated carbocycles. The molecule has 0 unspecified atom stereocenters. The fourth-order valence-corrected chi connectivity index (χ4v) is 4.39. The van der Waals surface area contributed by atoms with Gasteiger partial charge in [-0.1, -0.05) is 86.8 Å². The van der Waals surface area contributed by atoms with Gasteiger partial charge < -0.3 is 14.6 Å². The Hall–Kier alpha value is -2.70. The normalized spacial score (nSPS) is 20.0. The zero-order chi connectivity index (χ0) is 24.8. The molecule has 3 rings (SSSR count). The third kappa shape index (κ3) is 5.86. The van der Waals surface area contributed by atoms with Gasteiger partial charge in [0.25, 0.3) is 5.91 Å². The van der Waals surface area contributed by atoms with Crippen LogP contribution in [0.5, 0.6) is 0 Å². The summed E-state index contributed by atoms with van der Waals surface area (Å²) in [6.07, 6.45) is 1.78. The van der Waals surface area contributed by atoms with Crippen LogP contribution in [0.15, 0.2) is 60.7 Å². The van der Waals surface area contributed by atoms with E-state index in [1.807, 2.05) is 74.5 Å². The van der Waals surface area contributed by atoms with Crippen molar-refractivity contribution in [2.75, 3.05) is 0 Å². The van der Waals surface area contributed by atoms with Crippen molar-refractivity contribution in [1.82, 2.24) is 4.90 Å². The van der Waals surface area contributed by atoms with Crippen molar-refractivity contribution in [3.05, 3.63) is 71.8 Å². The van der Waals surface area contributed by atoms with Crippen molar-refractivity contribution in [3.8, 4) is 0 Å². The predicted molar refractivity (Wildman–Crippen MR) is 131 cm³/mol. The molecule has 6 heteroatoms. The average molecular weight is 468 g/mol. The van der Waals surface area contributed by atoms with Gasteiger partial charge in [-0.2, -0.15) is 0 Å². The number of carbonyl (C=O) groups is 2. The van der Waals surface area contributed by atoms with E-state index in [4.69, 9.17) is 9.47 Å². The zero-order valence-electron chi connectivity index (χ0n) is 20.7. The molecule has 2 amide bonds. The number of benzene rings is 2. The molecule has 2 aromatic rings. The first-order valence-corrected chi connectivity index (χ1v) is 12.2. The number of aliphatic hydroxyl groups excluding tert-OH is 1. The molecular formula is C28H37NO5. The van der Waals surface area contributed by atoms with Gasteiger partial charge in [-0.05, 0) is 44.7 Å². The second-order valence-electron chi connectivity index (χ2n) is 9.74. The largest absolute Gasteiger partial charge is 0.441 e. The first kappa shape index (κ1) is 25.9. The van der Waals surface area contributed by atoms with Gasteiger partial charge in [0, 0.05) is 0 Å². The second kappa shape index (κ2) is 11.2. The molecule has 6 nitrogen and oxygen atoms in total. The minimum atomic E-state index is -1.60. The molecule has 1 heterocycles. The molecular weight excluding hydrogens is 430 g/mol. The number of amides is 2. The number of cyclic esters (lactones) is 1. The van der Waals surface area contributed by atoms with E-state index in [-0.39, 0.29) is 6.61 Å². The standard InChI is InChI=1S/C28H37NO5/c1-5-6-9-18-24(30)28(4,33-20-22-16-12-8-13-17-22)25(31)29-23(27(2,3)34-26(29)32)19-21-14-10-7-11-15-21/h7-8,10-17,23-24,30H,5-6,9,18-20H2,1-4H3/t23-,24-,28-/m0/s1. The van der Waals surface area contributed by atoms with Crippen LogP contribution in [-0.2, 0) is 27.3 Å². The minimum absolute atomic E-state index is 0.142. The van der Waals surface area contributed by atoms with Crippen LogP contribution in [0.3, 0.4) is 0 Å². The van der Waals surface area contributed by atoms with E-state index < -0.39 is 35.3 Å². The maximum atomic E-state index is 14.0. The first-order valence-electron chi connectivity index (χ1n) is 12.2. The highest BCUT2D eigenvalue weighted by Crippen LogP contribution is 2.36. The highest BCUT2D eigenvalue weighted by atomic mass is 16.6. The summed E-state index contributed by atoms with van der Waals surface area (Å²) in [7, 11) is 0. The Morgan fingerprint density at radius 1 is 1.09 bits per heavy atom. The van der Waals surface area contributed by atoms with Crippen LogP contribution in [-0.4, -0.2) is 45.4 Å². The number of aliphatic hydroxyl groups is 1. The number of carbonyl (C=O) groups excluding carboxylic acids is 2. The molecule has 34 heavy (non-hydrogen) atoms. The highest BCUT2D eigenvalue weighted by Gasteiger charge is 2.56. The summed E-state index contributed by atoms with van der Waals surface area (Å²) in [5.41, 5.74) is -0.604. The minimum Gasteiger partial charge on any atom is -0.441 e.